The van der Waals surface area contributed by atoms with Crippen molar-refractivity contribution >= 4 is 17.3 Å². The van der Waals surface area contributed by atoms with Crippen molar-refractivity contribution in [1.82, 2.24) is 0 Å². The van der Waals surface area contributed by atoms with Crippen molar-refractivity contribution in [3.05, 3.63) is 24.3 Å². The van der Waals surface area contributed by atoms with E-state index < -0.39 is 0 Å². The van der Waals surface area contributed by atoms with Crippen LogP contribution in [0.4, 0.5) is 11.4 Å². The Morgan fingerprint density at radius 3 is 2.45 bits per heavy atom. The van der Waals surface area contributed by atoms with Gasteiger partial charge in [0, 0.05) is 26.1 Å². The van der Waals surface area contributed by atoms with Crippen LogP contribution >= 0.6 is 0 Å². The zero-order valence-corrected chi connectivity index (χ0v) is 13.6. The molecule has 4 nitrogen and oxygen atoms in total. The Labute approximate surface area is 133 Å². The van der Waals surface area contributed by atoms with Crippen LogP contribution in [0.1, 0.15) is 32.1 Å². The van der Waals surface area contributed by atoms with Gasteiger partial charge < -0.3 is 16.0 Å². The van der Waals surface area contributed by atoms with E-state index in [1.54, 1.807) is 0 Å². The molecule has 2 fully saturated rings. The lowest BCUT2D eigenvalue weighted by Crippen LogP contribution is -2.48. The standard InChI is InChI=1S/C18H27N3O/c1-21(2)16-9-4-3-8-15(16)20-18(22)14-10-12-6-5-7-13(11-14)17(12)19/h3-4,8-9,12-14,17H,5-7,10-11,19H2,1-2H3,(H,20,22). The number of carbonyl (C=O) groups excluding carboxylic acids is 1. The topological polar surface area (TPSA) is 58.4 Å². The summed E-state index contributed by atoms with van der Waals surface area (Å²) in [5, 5.41) is 3.14. The number of carbonyl (C=O) groups is 1. The molecule has 120 valence electrons. The van der Waals surface area contributed by atoms with E-state index in [9.17, 15) is 4.79 Å². The highest BCUT2D eigenvalue weighted by molar-refractivity contribution is 5.95. The Balaban J connectivity index is 1.70. The summed E-state index contributed by atoms with van der Waals surface area (Å²) in [7, 11) is 3.99. The highest BCUT2D eigenvalue weighted by Crippen LogP contribution is 2.42. The summed E-state index contributed by atoms with van der Waals surface area (Å²) in [5.41, 5.74) is 8.27. The van der Waals surface area contributed by atoms with Crippen LogP contribution in [0.25, 0.3) is 0 Å². The zero-order valence-electron chi connectivity index (χ0n) is 13.6. The smallest absolute Gasteiger partial charge is 0.227 e. The second-order valence-corrected chi connectivity index (χ2v) is 7.10. The molecule has 0 aromatic heterocycles. The molecule has 2 aliphatic carbocycles. The lowest BCUT2D eigenvalue weighted by molar-refractivity contribution is -0.122. The van der Waals surface area contributed by atoms with Crippen LogP contribution in [0, 0.1) is 17.8 Å². The molecule has 2 atom stereocenters. The van der Waals surface area contributed by atoms with Crippen molar-refractivity contribution in [2.45, 2.75) is 38.1 Å². The minimum absolute atomic E-state index is 0.116. The Morgan fingerprint density at radius 1 is 1.18 bits per heavy atom. The number of nitrogens with zero attached hydrogens (tertiary/aromatic N) is 1. The zero-order chi connectivity index (χ0) is 15.7. The van der Waals surface area contributed by atoms with E-state index in [1.807, 2.05) is 43.3 Å². The van der Waals surface area contributed by atoms with Gasteiger partial charge in [-0.3, -0.25) is 4.79 Å². The van der Waals surface area contributed by atoms with Crippen molar-refractivity contribution in [3.8, 4) is 0 Å². The van der Waals surface area contributed by atoms with Gasteiger partial charge in [-0.05, 0) is 49.7 Å². The molecule has 2 bridgehead atoms. The van der Waals surface area contributed by atoms with Gasteiger partial charge in [0.05, 0.1) is 11.4 Å². The number of hydrogen-bond acceptors (Lipinski definition) is 3. The Bertz CT molecular complexity index is 529. The quantitative estimate of drug-likeness (QED) is 0.902. The Morgan fingerprint density at radius 2 is 1.82 bits per heavy atom. The summed E-state index contributed by atoms with van der Waals surface area (Å²) >= 11 is 0. The average molecular weight is 301 g/mol. The van der Waals surface area contributed by atoms with Gasteiger partial charge in [-0.2, -0.15) is 0 Å². The van der Waals surface area contributed by atoms with E-state index in [0.717, 1.165) is 24.2 Å². The third-order valence-electron chi connectivity index (χ3n) is 5.43. The fraction of sp³-hybridized carbons (Fsp3) is 0.611. The van der Waals surface area contributed by atoms with Gasteiger partial charge in [0.25, 0.3) is 0 Å². The van der Waals surface area contributed by atoms with E-state index in [1.165, 1.54) is 19.3 Å². The molecule has 4 heteroatoms. The normalized spacial score (nSPS) is 30.7. The lowest BCUT2D eigenvalue weighted by atomic mass is 9.65. The predicted molar refractivity (Wildman–Crippen MR) is 90.9 cm³/mol. The van der Waals surface area contributed by atoms with E-state index in [-0.39, 0.29) is 11.8 Å². The summed E-state index contributed by atoms with van der Waals surface area (Å²) in [6.07, 6.45) is 5.56. The van der Waals surface area contributed by atoms with Gasteiger partial charge in [-0.25, -0.2) is 0 Å². The molecule has 0 aliphatic heterocycles. The van der Waals surface area contributed by atoms with Crippen molar-refractivity contribution in [2.75, 3.05) is 24.3 Å². The molecular weight excluding hydrogens is 274 g/mol. The van der Waals surface area contributed by atoms with Crippen LogP contribution in [-0.4, -0.2) is 26.0 Å². The Hall–Kier alpha value is -1.55. The van der Waals surface area contributed by atoms with Gasteiger partial charge in [0.1, 0.15) is 0 Å². The number of nitrogens with two attached hydrogens (primary N) is 1. The Kier molecular flexibility index (Phi) is 4.39. The first-order chi connectivity index (χ1) is 10.6. The lowest BCUT2D eigenvalue weighted by Gasteiger charge is -2.43. The SMILES string of the molecule is CN(C)c1ccccc1NC(=O)C1CC2CCCC(C1)C2N. The first-order valence-electron chi connectivity index (χ1n) is 8.39. The van der Waals surface area contributed by atoms with Crippen LogP contribution < -0.4 is 16.0 Å². The van der Waals surface area contributed by atoms with Gasteiger partial charge in [0.15, 0.2) is 0 Å². The summed E-state index contributed by atoms with van der Waals surface area (Å²) in [6.45, 7) is 0. The van der Waals surface area contributed by atoms with Crippen molar-refractivity contribution in [3.63, 3.8) is 0 Å². The number of amides is 1. The predicted octanol–water partition coefficient (Wildman–Crippen LogP) is 2.84. The maximum absolute atomic E-state index is 12.7. The van der Waals surface area contributed by atoms with E-state index >= 15 is 0 Å². The first kappa shape index (κ1) is 15.3. The number of benzene rings is 1. The molecule has 0 spiro atoms. The van der Waals surface area contributed by atoms with Crippen LogP contribution in [-0.2, 0) is 4.79 Å². The minimum Gasteiger partial charge on any atom is -0.376 e. The molecule has 0 saturated heterocycles. The second-order valence-electron chi connectivity index (χ2n) is 7.10. The molecule has 22 heavy (non-hydrogen) atoms. The van der Waals surface area contributed by atoms with E-state index in [4.69, 9.17) is 5.73 Å². The summed E-state index contributed by atoms with van der Waals surface area (Å²) in [4.78, 5) is 14.7. The fourth-order valence-electron chi connectivity index (χ4n) is 4.21. The van der Waals surface area contributed by atoms with Crippen LogP contribution in [0.2, 0.25) is 0 Å². The molecule has 2 saturated carbocycles. The number of hydrogen-bond donors (Lipinski definition) is 2. The molecule has 3 N–H and O–H groups in total. The number of nitrogens with one attached hydrogen (secondary N) is 1. The first-order valence-corrected chi connectivity index (χ1v) is 8.39. The molecule has 1 aromatic carbocycles. The van der Waals surface area contributed by atoms with E-state index in [2.05, 4.69) is 5.32 Å². The van der Waals surface area contributed by atoms with Crippen LogP contribution in [0.3, 0.4) is 0 Å². The minimum atomic E-state index is 0.116. The van der Waals surface area contributed by atoms with Crippen LogP contribution in [0.5, 0.6) is 0 Å². The second kappa shape index (κ2) is 6.29. The molecule has 2 unspecified atom stereocenters. The van der Waals surface area contributed by atoms with Gasteiger partial charge in [0.2, 0.25) is 5.91 Å². The largest absolute Gasteiger partial charge is 0.376 e. The molecule has 1 aromatic rings. The van der Waals surface area contributed by atoms with Crippen LogP contribution in [0.15, 0.2) is 24.3 Å². The van der Waals surface area contributed by atoms with Crippen molar-refractivity contribution in [1.29, 1.82) is 0 Å². The number of anilines is 2. The molecule has 0 radical (unpaired) electrons. The summed E-state index contributed by atoms with van der Waals surface area (Å²) in [6, 6.07) is 8.28. The van der Waals surface area contributed by atoms with Gasteiger partial charge in [-0.1, -0.05) is 18.6 Å². The fourth-order valence-corrected chi connectivity index (χ4v) is 4.21. The average Bonchev–Trinajstić information content (AvgIpc) is 2.47. The van der Waals surface area contributed by atoms with Gasteiger partial charge >= 0.3 is 0 Å². The highest BCUT2D eigenvalue weighted by Gasteiger charge is 2.40. The van der Waals surface area contributed by atoms with E-state index in [0.29, 0.717) is 17.9 Å². The number of rotatable bonds is 3. The monoisotopic (exact) mass is 301 g/mol. The summed E-state index contributed by atoms with van der Waals surface area (Å²) in [5.74, 6) is 1.35. The molecule has 3 rings (SSSR count). The van der Waals surface area contributed by atoms with Crippen molar-refractivity contribution < 1.29 is 4.79 Å². The van der Waals surface area contributed by atoms with Crippen molar-refractivity contribution in [2.24, 2.45) is 23.5 Å². The number of fused-ring (bicyclic) bond motifs is 2. The molecular formula is C18H27N3O. The highest BCUT2D eigenvalue weighted by atomic mass is 16.1. The number of para-hydroxylation sites is 2. The third-order valence-corrected chi connectivity index (χ3v) is 5.43. The molecule has 0 heterocycles. The van der Waals surface area contributed by atoms with Gasteiger partial charge in [-0.15, -0.1) is 0 Å². The summed E-state index contributed by atoms with van der Waals surface area (Å²) < 4.78 is 0. The maximum atomic E-state index is 12.7. The molecule has 1 amide bonds. The molecule has 2 aliphatic rings. The maximum Gasteiger partial charge on any atom is 0.227 e. The third kappa shape index (κ3) is 2.98.